The van der Waals surface area contributed by atoms with Gasteiger partial charge in [0.05, 0.1) is 12.4 Å². The van der Waals surface area contributed by atoms with Crippen molar-refractivity contribution in [2.24, 2.45) is 0 Å². The molecule has 0 saturated carbocycles. The number of nitrogens with zero attached hydrogens (tertiary/aromatic N) is 2. The minimum atomic E-state index is -0.256. The maximum absolute atomic E-state index is 12.2. The van der Waals surface area contributed by atoms with Crippen molar-refractivity contribution in [3.63, 3.8) is 0 Å². The van der Waals surface area contributed by atoms with Crippen molar-refractivity contribution in [3.8, 4) is 11.5 Å². The average molecular weight is 362 g/mol. The van der Waals surface area contributed by atoms with E-state index in [1.165, 1.54) is 6.20 Å². The van der Waals surface area contributed by atoms with Gasteiger partial charge in [0, 0.05) is 13.1 Å². The van der Waals surface area contributed by atoms with Crippen LogP contribution in [0.2, 0.25) is 0 Å². The third kappa shape index (κ3) is 4.14. The second-order valence-corrected chi connectivity index (χ2v) is 6.00. The Bertz CT molecular complexity index is 930. The fraction of sp³-hybridized carbons (Fsp3) is 0.150. The lowest BCUT2D eigenvalue weighted by atomic mass is 10.2. The molecule has 27 heavy (non-hydrogen) atoms. The summed E-state index contributed by atoms with van der Waals surface area (Å²) in [5, 5.41) is 6.00. The van der Waals surface area contributed by atoms with Crippen LogP contribution in [0.4, 0.5) is 5.82 Å². The summed E-state index contributed by atoms with van der Waals surface area (Å²) in [7, 11) is 0. The molecule has 7 nitrogen and oxygen atoms in total. The molecule has 7 heteroatoms. The fourth-order valence-electron chi connectivity index (χ4n) is 2.65. The third-order valence-electron chi connectivity index (χ3n) is 4.09. The van der Waals surface area contributed by atoms with Crippen molar-refractivity contribution in [2.45, 2.75) is 13.1 Å². The SMILES string of the molecule is O=C(NCc1ccccc1)c1cnc(NCc2ccc3c(c2)OCO3)cn1. The summed E-state index contributed by atoms with van der Waals surface area (Å²) in [5.74, 6) is 1.83. The zero-order valence-corrected chi connectivity index (χ0v) is 14.5. The predicted molar refractivity (Wildman–Crippen MR) is 99.5 cm³/mol. The Kier molecular flexibility index (Phi) is 4.82. The van der Waals surface area contributed by atoms with Crippen LogP contribution in [-0.4, -0.2) is 22.7 Å². The number of hydrogen-bond acceptors (Lipinski definition) is 6. The first kappa shape index (κ1) is 16.8. The van der Waals surface area contributed by atoms with E-state index in [1.807, 2.05) is 48.5 Å². The molecular weight excluding hydrogens is 344 g/mol. The van der Waals surface area contributed by atoms with Crippen LogP contribution in [0.3, 0.4) is 0 Å². The summed E-state index contributed by atoms with van der Waals surface area (Å²) >= 11 is 0. The highest BCUT2D eigenvalue weighted by Crippen LogP contribution is 2.32. The monoisotopic (exact) mass is 362 g/mol. The summed E-state index contributed by atoms with van der Waals surface area (Å²) in [4.78, 5) is 20.6. The van der Waals surface area contributed by atoms with Gasteiger partial charge in [-0.1, -0.05) is 36.4 Å². The van der Waals surface area contributed by atoms with E-state index < -0.39 is 0 Å². The number of anilines is 1. The van der Waals surface area contributed by atoms with Crippen LogP contribution in [-0.2, 0) is 13.1 Å². The van der Waals surface area contributed by atoms with Crippen molar-refractivity contribution in [1.29, 1.82) is 0 Å². The first-order valence-corrected chi connectivity index (χ1v) is 8.54. The topological polar surface area (TPSA) is 85.4 Å². The molecular formula is C20H18N4O3. The Morgan fingerprint density at radius 1 is 0.926 bits per heavy atom. The van der Waals surface area contributed by atoms with Gasteiger partial charge in [0.1, 0.15) is 11.5 Å². The number of amides is 1. The molecule has 0 fully saturated rings. The summed E-state index contributed by atoms with van der Waals surface area (Å²) in [5.41, 5.74) is 2.34. The highest BCUT2D eigenvalue weighted by molar-refractivity contribution is 5.91. The molecule has 0 bridgehead atoms. The van der Waals surface area contributed by atoms with Crippen molar-refractivity contribution < 1.29 is 14.3 Å². The smallest absolute Gasteiger partial charge is 0.271 e. The molecule has 0 saturated heterocycles. The van der Waals surface area contributed by atoms with Gasteiger partial charge in [0.2, 0.25) is 6.79 Å². The summed E-state index contributed by atoms with van der Waals surface area (Å²) in [6, 6.07) is 15.5. The van der Waals surface area contributed by atoms with Gasteiger partial charge in [-0.3, -0.25) is 4.79 Å². The summed E-state index contributed by atoms with van der Waals surface area (Å²) < 4.78 is 10.7. The van der Waals surface area contributed by atoms with E-state index in [0.29, 0.717) is 18.9 Å². The van der Waals surface area contributed by atoms with Gasteiger partial charge < -0.3 is 20.1 Å². The maximum atomic E-state index is 12.2. The lowest BCUT2D eigenvalue weighted by molar-refractivity contribution is 0.0945. The predicted octanol–water partition coefficient (Wildman–Crippen LogP) is 2.75. The molecule has 3 aromatic rings. The Morgan fingerprint density at radius 2 is 1.78 bits per heavy atom. The number of carbonyl (C=O) groups excluding carboxylic acids is 1. The first-order chi connectivity index (χ1) is 13.3. The number of benzene rings is 2. The number of ether oxygens (including phenoxy) is 2. The molecule has 2 aromatic carbocycles. The zero-order valence-electron chi connectivity index (χ0n) is 14.5. The third-order valence-corrected chi connectivity index (χ3v) is 4.09. The van der Waals surface area contributed by atoms with E-state index in [9.17, 15) is 4.79 Å². The molecule has 4 rings (SSSR count). The molecule has 0 radical (unpaired) electrons. The van der Waals surface area contributed by atoms with Crippen LogP contribution < -0.4 is 20.1 Å². The normalized spacial score (nSPS) is 11.9. The molecule has 1 aliphatic rings. The van der Waals surface area contributed by atoms with E-state index in [2.05, 4.69) is 20.6 Å². The van der Waals surface area contributed by atoms with Gasteiger partial charge in [-0.15, -0.1) is 0 Å². The van der Waals surface area contributed by atoms with Crippen LogP contribution in [0, 0.1) is 0 Å². The van der Waals surface area contributed by atoms with Crippen molar-refractivity contribution in [2.75, 3.05) is 12.1 Å². The number of aromatic nitrogens is 2. The van der Waals surface area contributed by atoms with Crippen molar-refractivity contribution in [1.82, 2.24) is 15.3 Å². The van der Waals surface area contributed by atoms with Gasteiger partial charge in [-0.05, 0) is 23.3 Å². The zero-order chi connectivity index (χ0) is 18.5. The lowest BCUT2D eigenvalue weighted by Gasteiger charge is -2.08. The van der Waals surface area contributed by atoms with E-state index in [4.69, 9.17) is 9.47 Å². The number of carbonyl (C=O) groups is 1. The second kappa shape index (κ2) is 7.74. The molecule has 0 spiro atoms. The number of nitrogens with one attached hydrogen (secondary N) is 2. The summed E-state index contributed by atoms with van der Waals surface area (Å²) in [6.45, 7) is 1.27. The van der Waals surface area contributed by atoms with Crippen LogP contribution in [0.25, 0.3) is 0 Å². The van der Waals surface area contributed by atoms with Crippen LogP contribution >= 0.6 is 0 Å². The molecule has 1 aromatic heterocycles. The molecule has 1 amide bonds. The number of hydrogen-bond donors (Lipinski definition) is 2. The highest BCUT2D eigenvalue weighted by Gasteiger charge is 2.13. The minimum absolute atomic E-state index is 0.255. The fourth-order valence-corrected chi connectivity index (χ4v) is 2.65. The Labute approximate surface area is 156 Å². The Hall–Kier alpha value is -3.61. The van der Waals surface area contributed by atoms with Crippen molar-refractivity contribution in [3.05, 3.63) is 77.7 Å². The average Bonchev–Trinajstić information content (AvgIpc) is 3.19. The van der Waals surface area contributed by atoms with E-state index in [-0.39, 0.29) is 18.4 Å². The minimum Gasteiger partial charge on any atom is -0.454 e. The molecule has 1 aliphatic heterocycles. The second-order valence-electron chi connectivity index (χ2n) is 6.00. The van der Waals surface area contributed by atoms with Crippen molar-refractivity contribution >= 4 is 11.7 Å². The van der Waals surface area contributed by atoms with Crippen LogP contribution in [0.15, 0.2) is 60.9 Å². The lowest BCUT2D eigenvalue weighted by Crippen LogP contribution is -2.24. The molecule has 0 unspecified atom stereocenters. The van der Waals surface area contributed by atoms with E-state index in [0.717, 1.165) is 22.6 Å². The Morgan fingerprint density at radius 3 is 2.59 bits per heavy atom. The maximum Gasteiger partial charge on any atom is 0.271 e. The standard InChI is InChI=1S/C20H18N4O3/c25-20(24-9-14-4-2-1-3-5-14)16-11-23-19(12-21-16)22-10-15-6-7-17-18(8-15)27-13-26-17/h1-8,11-12H,9-10,13H2,(H,22,23)(H,24,25). The number of rotatable bonds is 6. The first-order valence-electron chi connectivity index (χ1n) is 8.54. The largest absolute Gasteiger partial charge is 0.454 e. The molecule has 0 atom stereocenters. The summed E-state index contributed by atoms with van der Waals surface area (Å²) in [6.07, 6.45) is 3.01. The molecule has 0 aliphatic carbocycles. The van der Waals surface area contributed by atoms with E-state index >= 15 is 0 Å². The molecule has 2 heterocycles. The van der Waals surface area contributed by atoms with Gasteiger partial charge in [0.25, 0.3) is 5.91 Å². The Balaban J connectivity index is 1.31. The highest BCUT2D eigenvalue weighted by atomic mass is 16.7. The van der Waals surface area contributed by atoms with Gasteiger partial charge in [-0.2, -0.15) is 0 Å². The van der Waals surface area contributed by atoms with E-state index in [1.54, 1.807) is 6.20 Å². The van der Waals surface area contributed by atoms with Gasteiger partial charge >= 0.3 is 0 Å². The van der Waals surface area contributed by atoms with Crippen LogP contribution in [0.1, 0.15) is 21.6 Å². The quantitative estimate of drug-likeness (QED) is 0.701. The molecule has 136 valence electrons. The van der Waals surface area contributed by atoms with Crippen LogP contribution in [0.5, 0.6) is 11.5 Å². The van der Waals surface area contributed by atoms with Gasteiger partial charge in [0.15, 0.2) is 11.5 Å². The molecule has 2 N–H and O–H groups in total. The number of fused-ring (bicyclic) bond motifs is 1. The van der Waals surface area contributed by atoms with Gasteiger partial charge in [-0.25, -0.2) is 9.97 Å².